The van der Waals surface area contributed by atoms with Gasteiger partial charge in [-0.15, -0.1) is 0 Å². The van der Waals surface area contributed by atoms with Gasteiger partial charge in [0.1, 0.15) is 11.5 Å². The predicted molar refractivity (Wildman–Crippen MR) is 63.5 cm³/mol. The van der Waals surface area contributed by atoms with E-state index in [4.69, 9.17) is 9.47 Å². The topological polar surface area (TPSA) is 30.5 Å². The zero-order chi connectivity index (χ0) is 11.6. The van der Waals surface area contributed by atoms with Gasteiger partial charge in [0, 0.05) is 6.54 Å². The minimum Gasteiger partial charge on any atom is -0.494 e. The Balaban J connectivity index is 2.12. The average Bonchev–Trinajstić information content (AvgIpc) is 2.60. The van der Waals surface area contributed by atoms with E-state index in [-0.39, 0.29) is 11.8 Å². The standard InChI is InChI=1S/C13H19NO2/c1-4-15-11-7-5-6-10(8-11)12-9-14-13(2,3)16-12/h5-8,12,14H,4,9H2,1-3H3. The number of hydrogen-bond donors (Lipinski definition) is 1. The molecule has 3 nitrogen and oxygen atoms in total. The lowest BCUT2D eigenvalue weighted by Gasteiger charge is -2.19. The van der Waals surface area contributed by atoms with E-state index < -0.39 is 0 Å². The van der Waals surface area contributed by atoms with Crippen molar-refractivity contribution in [1.29, 1.82) is 0 Å². The first-order valence-electron chi connectivity index (χ1n) is 5.76. The molecule has 1 aliphatic rings. The summed E-state index contributed by atoms with van der Waals surface area (Å²) in [4.78, 5) is 0. The Labute approximate surface area is 96.8 Å². The normalized spacial score (nSPS) is 23.3. The summed E-state index contributed by atoms with van der Waals surface area (Å²) in [6.07, 6.45) is 0.121. The van der Waals surface area contributed by atoms with Crippen LogP contribution in [0.25, 0.3) is 0 Å². The molecule has 1 fully saturated rings. The van der Waals surface area contributed by atoms with Gasteiger partial charge in [-0.3, -0.25) is 5.32 Å². The largest absolute Gasteiger partial charge is 0.494 e. The summed E-state index contributed by atoms with van der Waals surface area (Å²) in [5.41, 5.74) is 0.941. The molecule has 0 bridgehead atoms. The Morgan fingerprint density at radius 2 is 2.31 bits per heavy atom. The maximum atomic E-state index is 5.90. The van der Waals surface area contributed by atoms with E-state index in [2.05, 4.69) is 17.4 Å². The molecule has 1 aromatic carbocycles. The SMILES string of the molecule is CCOc1cccc(C2CNC(C)(C)O2)c1. The molecule has 0 spiro atoms. The van der Waals surface area contributed by atoms with Crippen molar-refractivity contribution in [3.8, 4) is 5.75 Å². The lowest BCUT2D eigenvalue weighted by molar-refractivity contribution is -0.0241. The van der Waals surface area contributed by atoms with Crippen LogP contribution in [-0.4, -0.2) is 18.9 Å². The number of rotatable bonds is 3. The van der Waals surface area contributed by atoms with Gasteiger partial charge in [-0.1, -0.05) is 12.1 Å². The van der Waals surface area contributed by atoms with Crippen molar-refractivity contribution < 1.29 is 9.47 Å². The molecule has 0 aliphatic carbocycles. The predicted octanol–water partition coefficient (Wildman–Crippen LogP) is 2.48. The van der Waals surface area contributed by atoms with Gasteiger partial charge in [0.2, 0.25) is 0 Å². The molecule has 3 heteroatoms. The number of benzene rings is 1. The average molecular weight is 221 g/mol. The monoisotopic (exact) mass is 221 g/mol. The summed E-state index contributed by atoms with van der Waals surface area (Å²) in [6, 6.07) is 8.11. The van der Waals surface area contributed by atoms with Crippen LogP contribution in [0.4, 0.5) is 0 Å². The first-order chi connectivity index (χ1) is 7.61. The third-order valence-corrected chi connectivity index (χ3v) is 2.69. The molecule has 2 rings (SSSR count). The Morgan fingerprint density at radius 3 is 2.94 bits per heavy atom. The van der Waals surface area contributed by atoms with Gasteiger partial charge in [0.25, 0.3) is 0 Å². The van der Waals surface area contributed by atoms with E-state index in [1.807, 2.05) is 32.9 Å². The fraction of sp³-hybridized carbons (Fsp3) is 0.538. The second-order valence-electron chi connectivity index (χ2n) is 4.50. The molecule has 1 unspecified atom stereocenters. The van der Waals surface area contributed by atoms with Crippen LogP contribution in [0.2, 0.25) is 0 Å². The van der Waals surface area contributed by atoms with Gasteiger partial charge in [-0.2, -0.15) is 0 Å². The van der Waals surface area contributed by atoms with Crippen LogP contribution in [0, 0.1) is 0 Å². The Kier molecular flexibility index (Phi) is 3.17. The molecule has 1 aromatic rings. The maximum Gasteiger partial charge on any atom is 0.119 e. The fourth-order valence-electron chi connectivity index (χ4n) is 1.93. The van der Waals surface area contributed by atoms with Gasteiger partial charge < -0.3 is 9.47 Å². The number of hydrogen-bond acceptors (Lipinski definition) is 3. The Bertz CT molecular complexity index is 363. The van der Waals surface area contributed by atoms with E-state index in [9.17, 15) is 0 Å². The van der Waals surface area contributed by atoms with Crippen molar-refractivity contribution in [2.24, 2.45) is 0 Å². The molecular formula is C13H19NO2. The van der Waals surface area contributed by atoms with Crippen molar-refractivity contribution in [2.75, 3.05) is 13.2 Å². The van der Waals surface area contributed by atoms with Crippen LogP contribution in [0.1, 0.15) is 32.4 Å². The molecule has 16 heavy (non-hydrogen) atoms. The van der Waals surface area contributed by atoms with Crippen LogP contribution < -0.4 is 10.1 Å². The summed E-state index contributed by atoms with van der Waals surface area (Å²) < 4.78 is 11.4. The summed E-state index contributed by atoms with van der Waals surface area (Å²) >= 11 is 0. The molecule has 88 valence electrons. The maximum absolute atomic E-state index is 5.90. The van der Waals surface area contributed by atoms with Gasteiger partial charge in [0.15, 0.2) is 0 Å². The molecule has 1 N–H and O–H groups in total. The molecule has 1 saturated heterocycles. The highest BCUT2D eigenvalue weighted by atomic mass is 16.5. The minimum atomic E-state index is -0.230. The van der Waals surface area contributed by atoms with Crippen molar-refractivity contribution in [3.05, 3.63) is 29.8 Å². The Hall–Kier alpha value is -1.06. The summed E-state index contributed by atoms with van der Waals surface area (Å²) in [5, 5.41) is 3.33. The first kappa shape index (κ1) is 11.4. The molecule has 1 heterocycles. The molecule has 0 radical (unpaired) electrons. The third-order valence-electron chi connectivity index (χ3n) is 2.69. The smallest absolute Gasteiger partial charge is 0.119 e. The summed E-state index contributed by atoms with van der Waals surface area (Å²) in [7, 11) is 0. The van der Waals surface area contributed by atoms with Crippen molar-refractivity contribution in [1.82, 2.24) is 5.32 Å². The first-order valence-corrected chi connectivity index (χ1v) is 5.76. The highest BCUT2D eigenvalue weighted by Crippen LogP contribution is 2.29. The highest BCUT2D eigenvalue weighted by molar-refractivity contribution is 5.30. The quantitative estimate of drug-likeness (QED) is 0.850. The van der Waals surface area contributed by atoms with E-state index in [0.717, 1.165) is 12.3 Å². The second-order valence-corrected chi connectivity index (χ2v) is 4.50. The zero-order valence-corrected chi connectivity index (χ0v) is 10.1. The molecule has 1 aliphatic heterocycles. The number of ether oxygens (including phenoxy) is 2. The molecule has 0 saturated carbocycles. The highest BCUT2D eigenvalue weighted by Gasteiger charge is 2.31. The Morgan fingerprint density at radius 1 is 1.50 bits per heavy atom. The van der Waals surface area contributed by atoms with Gasteiger partial charge in [0.05, 0.1) is 12.7 Å². The summed E-state index contributed by atoms with van der Waals surface area (Å²) in [5.74, 6) is 0.910. The lowest BCUT2D eigenvalue weighted by Crippen LogP contribution is -2.33. The van der Waals surface area contributed by atoms with Crippen LogP contribution in [0.3, 0.4) is 0 Å². The second kappa shape index (κ2) is 4.44. The van der Waals surface area contributed by atoms with Gasteiger partial charge >= 0.3 is 0 Å². The van der Waals surface area contributed by atoms with Gasteiger partial charge in [-0.05, 0) is 38.5 Å². The van der Waals surface area contributed by atoms with Crippen molar-refractivity contribution >= 4 is 0 Å². The van der Waals surface area contributed by atoms with Crippen molar-refractivity contribution in [3.63, 3.8) is 0 Å². The minimum absolute atomic E-state index is 0.121. The van der Waals surface area contributed by atoms with Crippen LogP contribution in [0.5, 0.6) is 5.75 Å². The summed E-state index contributed by atoms with van der Waals surface area (Å²) in [6.45, 7) is 7.61. The fourth-order valence-corrected chi connectivity index (χ4v) is 1.93. The zero-order valence-electron chi connectivity index (χ0n) is 10.1. The molecule has 0 amide bonds. The van der Waals surface area contributed by atoms with Crippen LogP contribution >= 0.6 is 0 Å². The van der Waals surface area contributed by atoms with E-state index in [1.54, 1.807) is 0 Å². The van der Waals surface area contributed by atoms with E-state index in [1.165, 1.54) is 5.56 Å². The van der Waals surface area contributed by atoms with Crippen LogP contribution in [0.15, 0.2) is 24.3 Å². The van der Waals surface area contributed by atoms with E-state index >= 15 is 0 Å². The van der Waals surface area contributed by atoms with E-state index in [0.29, 0.717) is 6.61 Å². The number of nitrogens with one attached hydrogen (secondary N) is 1. The van der Waals surface area contributed by atoms with Crippen LogP contribution in [-0.2, 0) is 4.74 Å². The molecule has 1 atom stereocenters. The van der Waals surface area contributed by atoms with Crippen molar-refractivity contribution in [2.45, 2.75) is 32.6 Å². The molecular weight excluding hydrogens is 202 g/mol. The lowest BCUT2D eigenvalue weighted by atomic mass is 10.1. The van der Waals surface area contributed by atoms with Gasteiger partial charge in [-0.25, -0.2) is 0 Å². The third kappa shape index (κ3) is 2.54. The molecule has 0 aromatic heterocycles.